The first-order chi connectivity index (χ1) is 12.0. The number of hydrogen-bond acceptors (Lipinski definition) is 2. The lowest BCUT2D eigenvalue weighted by molar-refractivity contribution is 0.746. The van der Waals surface area contributed by atoms with E-state index < -0.39 is 0 Å². The molecule has 122 valence electrons. The molecule has 0 amide bonds. The van der Waals surface area contributed by atoms with Gasteiger partial charge in [-0.25, -0.2) is 9.83 Å². The summed E-state index contributed by atoms with van der Waals surface area (Å²) in [6.07, 6.45) is 1.75. The number of halogens is 1. The summed E-state index contributed by atoms with van der Waals surface area (Å²) in [4.78, 5) is 7.54. The third-order valence-corrected chi connectivity index (χ3v) is 4.53. The zero-order valence-electron chi connectivity index (χ0n) is 13.9. The average Bonchev–Trinajstić information content (AvgIpc) is 2.87. The number of pyridine rings is 1. The fraction of sp³-hybridized carbons (Fsp3) is 0.150. The van der Waals surface area contributed by atoms with Gasteiger partial charge in [-0.1, -0.05) is 41.9 Å². The Morgan fingerprint density at radius 3 is 2.44 bits per heavy atom. The molecule has 0 unspecified atom stereocenters. The molecule has 2 heterocycles. The summed E-state index contributed by atoms with van der Waals surface area (Å²) in [6.45, 7) is 11.7. The summed E-state index contributed by atoms with van der Waals surface area (Å²) >= 11 is 5.85. The van der Waals surface area contributed by atoms with Crippen molar-refractivity contribution in [3.05, 3.63) is 81.7 Å². The van der Waals surface area contributed by atoms with Crippen molar-refractivity contribution in [2.75, 3.05) is 0 Å². The molecule has 0 N–H and O–H groups in total. The van der Waals surface area contributed by atoms with E-state index >= 15 is 0 Å². The molecule has 0 bridgehead atoms. The van der Waals surface area contributed by atoms with E-state index in [1.165, 1.54) is 0 Å². The molecule has 0 saturated carbocycles. The lowest BCUT2D eigenvalue weighted by atomic mass is 10.0. The summed E-state index contributed by atoms with van der Waals surface area (Å²) in [7, 11) is 0. The highest BCUT2D eigenvalue weighted by molar-refractivity contribution is 6.29. The van der Waals surface area contributed by atoms with E-state index in [9.17, 15) is 5.26 Å². The number of hydrogen-bond donors (Lipinski definition) is 0. The zero-order valence-corrected chi connectivity index (χ0v) is 14.7. The number of nitriles is 1. The van der Waals surface area contributed by atoms with Crippen LogP contribution in [0.5, 0.6) is 0 Å². The molecule has 0 atom stereocenters. The lowest BCUT2D eigenvalue weighted by Crippen LogP contribution is -2.04. The van der Waals surface area contributed by atoms with Crippen LogP contribution in [0.25, 0.3) is 16.0 Å². The Morgan fingerprint density at radius 2 is 1.88 bits per heavy atom. The maximum absolute atomic E-state index is 9.66. The molecule has 3 aromatic rings. The van der Waals surface area contributed by atoms with Gasteiger partial charge in [0.05, 0.1) is 12.1 Å². The summed E-state index contributed by atoms with van der Waals surface area (Å²) in [5.41, 5.74) is 6.05. The van der Waals surface area contributed by atoms with Crippen molar-refractivity contribution in [1.29, 1.82) is 5.26 Å². The van der Waals surface area contributed by atoms with Crippen LogP contribution in [0.1, 0.15) is 22.5 Å². The van der Waals surface area contributed by atoms with Crippen LogP contribution in [0.3, 0.4) is 0 Å². The van der Waals surface area contributed by atoms with Crippen LogP contribution in [0.2, 0.25) is 5.15 Å². The maximum Gasteiger partial charge on any atom is 0.187 e. The Hall–Kier alpha value is -3.08. The molecule has 0 aliphatic heterocycles. The standard InChI is InChI=1S/C20H15ClN4/c1-13-18(10-22)20(16-5-7-17(23-3)8-6-16)14(2)25(13)12-15-4-9-19(21)24-11-15/h4-9,11H,12H2,1-2H3. The van der Waals surface area contributed by atoms with Gasteiger partial charge in [-0.2, -0.15) is 5.26 Å². The largest absolute Gasteiger partial charge is 0.343 e. The van der Waals surface area contributed by atoms with Gasteiger partial charge in [0.15, 0.2) is 5.69 Å². The van der Waals surface area contributed by atoms with Crippen LogP contribution < -0.4 is 0 Å². The minimum atomic E-state index is 0.461. The minimum Gasteiger partial charge on any atom is -0.343 e. The molecular formula is C20H15ClN4. The lowest BCUT2D eigenvalue weighted by Gasteiger charge is -2.10. The van der Waals surface area contributed by atoms with E-state index in [-0.39, 0.29) is 0 Å². The SMILES string of the molecule is [C-]#[N+]c1ccc(-c2c(C#N)c(C)n(Cc3ccc(Cl)nc3)c2C)cc1. The molecule has 0 aliphatic carbocycles. The Balaban J connectivity index is 2.09. The molecule has 0 spiro atoms. The van der Waals surface area contributed by atoms with Gasteiger partial charge in [-0.05, 0) is 31.0 Å². The van der Waals surface area contributed by atoms with Gasteiger partial charge in [-0.3, -0.25) is 0 Å². The fourth-order valence-corrected chi connectivity index (χ4v) is 3.11. The molecule has 4 nitrogen and oxygen atoms in total. The monoisotopic (exact) mass is 346 g/mol. The maximum atomic E-state index is 9.66. The third kappa shape index (κ3) is 3.13. The molecule has 0 saturated heterocycles. The molecule has 5 heteroatoms. The summed E-state index contributed by atoms with van der Waals surface area (Å²) in [5, 5.41) is 10.1. The topological polar surface area (TPSA) is 46.0 Å². The second-order valence-corrected chi connectivity index (χ2v) is 6.15. The van der Waals surface area contributed by atoms with Crippen molar-refractivity contribution in [2.45, 2.75) is 20.4 Å². The van der Waals surface area contributed by atoms with Crippen LogP contribution in [0, 0.1) is 31.8 Å². The highest BCUT2D eigenvalue weighted by Crippen LogP contribution is 2.33. The molecule has 0 fully saturated rings. The van der Waals surface area contributed by atoms with E-state index in [0.29, 0.717) is 22.9 Å². The molecule has 1 aromatic carbocycles. The first kappa shape index (κ1) is 16.8. The predicted octanol–water partition coefficient (Wildman–Crippen LogP) is 5.29. The number of aromatic nitrogens is 2. The summed E-state index contributed by atoms with van der Waals surface area (Å²) in [5.74, 6) is 0. The Bertz CT molecular complexity index is 1000. The van der Waals surface area contributed by atoms with E-state index in [0.717, 1.165) is 28.1 Å². The van der Waals surface area contributed by atoms with E-state index in [2.05, 4.69) is 20.5 Å². The minimum absolute atomic E-state index is 0.461. The second-order valence-electron chi connectivity index (χ2n) is 5.77. The van der Waals surface area contributed by atoms with Crippen molar-refractivity contribution < 1.29 is 0 Å². The smallest absolute Gasteiger partial charge is 0.187 e. The zero-order chi connectivity index (χ0) is 18.0. The molecule has 25 heavy (non-hydrogen) atoms. The fourth-order valence-electron chi connectivity index (χ4n) is 3.00. The van der Waals surface area contributed by atoms with Crippen molar-refractivity contribution in [2.24, 2.45) is 0 Å². The van der Waals surface area contributed by atoms with Crippen LogP contribution >= 0.6 is 11.6 Å². The summed E-state index contributed by atoms with van der Waals surface area (Å²) < 4.78 is 2.11. The summed E-state index contributed by atoms with van der Waals surface area (Å²) in [6, 6.07) is 13.4. The van der Waals surface area contributed by atoms with Crippen molar-refractivity contribution in [1.82, 2.24) is 9.55 Å². The molecule has 0 radical (unpaired) electrons. The van der Waals surface area contributed by atoms with Crippen LogP contribution in [0.15, 0.2) is 42.6 Å². The average molecular weight is 347 g/mol. The highest BCUT2D eigenvalue weighted by atomic mass is 35.5. The van der Waals surface area contributed by atoms with Gasteiger partial charge in [0, 0.05) is 29.7 Å². The first-order valence-electron chi connectivity index (χ1n) is 7.73. The number of benzene rings is 1. The van der Waals surface area contributed by atoms with Gasteiger partial charge in [0.2, 0.25) is 0 Å². The van der Waals surface area contributed by atoms with E-state index in [1.54, 1.807) is 24.4 Å². The molecule has 3 rings (SSSR count). The van der Waals surface area contributed by atoms with Crippen LogP contribution in [-0.4, -0.2) is 9.55 Å². The van der Waals surface area contributed by atoms with Crippen molar-refractivity contribution in [3.63, 3.8) is 0 Å². The van der Waals surface area contributed by atoms with Crippen molar-refractivity contribution >= 4 is 17.3 Å². The second kappa shape index (κ2) is 6.81. The molecule has 2 aromatic heterocycles. The van der Waals surface area contributed by atoms with Crippen LogP contribution in [0.4, 0.5) is 5.69 Å². The van der Waals surface area contributed by atoms with Gasteiger partial charge < -0.3 is 4.57 Å². The molecular weight excluding hydrogens is 332 g/mol. The predicted molar refractivity (Wildman–Crippen MR) is 98.7 cm³/mol. The van der Waals surface area contributed by atoms with E-state index in [4.69, 9.17) is 18.2 Å². The van der Waals surface area contributed by atoms with Gasteiger partial charge in [0.25, 0.3) is 0 Å². The number of nitrogens with zero attached hydrogens (tertiary/aromatic N) is 4. The Kier molecular flexibility index (Phi) is 4.57. The van der Waals surface area contributed by atoms with Crippen LogP contribution in [-0.2, 0) is 6.54 Å². The quantitative estimate of drug-likeness (QED) is 0.477. The normalized spacial score (nSPS) is 10.3. The van der Waals surface area contributed by atoms with E-state index in [1.807, 2.05) is 32.0 Å². The third-order valence-electron chi connectivity index (χ3n) is 4.31. The van der Waals surface area contributed by atoms with Gasteiger partial charge in [-0.15, -0.1) is 0 Å². The Morgan fingerprint density at radius 1 is 1.16 bits per heavy atom. The molecule has 0 aliphatic rings. The van der Waals surface area contributed by atoms with Gasteiger partial charge in [0.1, 0.15) is 11.2 Å². The Labute approximate surface area is 151 Å². The highest BCUT2D eigenvalue weighted by Gasteiger charge is 2.19. The first-order valence-corrected chi connectivity index (χ1v) is 8.11. The number of rotatable bonds is 3. The van der Waals surface area contributed by atoms with Crippen molar-refractivity contribution in [3.8, 4) is 17.2 Å². The van der Waals surface area contributed by atoms with Gasteiger partial charge >= 0.3 is 0 Å².